The Balaban J connectivity index is 1.94. The lowest BCUT2D eigenvalue weighted by molar-refractivity contribution is -0.140. The van der Waals surface area contributed by atoms with Crippen LogP contribution in [0.25, 0.3) is 6.08 Å². The number of halogens is 1. The molecule has 0 saturated carbocycles. The number of esters is 1. The number of hydrogen-bond acceptors (Lipinski definition) is 4. The third kappa shape index (κ3) is 5.87. The molecule has 0 N–H and O–H groups in total. The van der Waals surface area contributed by atoms with E-state index in [1.807, 2.05) is 31.2 Å². The number of rotatable bonds is 7. The van der Waals surface area contributed by atoms with Crippen molar-refractivity contribution in [1.82, 2.24) is 0 Å². The van der Waals surface area contributed by atoms with Crippen LogP contribution >= 0.6 is 15.9 Å². The van der Waals surface area contributed by atoms with Gasteiger partial charge < -0.3 is 9.47 Å². The van der Waals surface area contributed by atoms with Crippen LogP contribution in [0.15, 0.2) is 59.1 Å². The molecule has 0 bridgehead atoms. The van der Waals surface area contributed by atoms with Gasteiger partial charge in [-0.3, -0.25) is 4.79 Å². The third-order valence-corrected chi connectivity index (χ3v) is 3.87. The van der Waals surface area contributed by atoms with Crippen molar-refractivity contribution in [2.75, 3.05) is 6.61 Å². The molecule has 0 fully saturated rings. The number of carbonyl (C=O) groups is 2. The Kier molecular flexibility index (Phi) is 6.95. The molecule has 1 atom stereocenters. The van der Waals surface area contributed by atoms with Crippen molar-refractivity contribution in [3.8, 4) is 5.75 Å². The minimum Gasteiger partial charge on any atom is -0.494 e. The van der Waals surface area contributed by atoms with Gasteiger partial charge in [-0.05, 0) is 61.9 Å². The standard InChI is InChI=1S/C20H19BrO4/c1-3-24-18-10-8-16(9-11-18)20(23)14(2)25-19(22)12-7-15-5-4-6-17(21)13-15/h4-14H,3H2,1-2H3/b12-7+/t14-/m0/s1. The molecule has 25 heavy (non-hydrogen) atoms. The predicted octanol–water partition coefficient (Wildman–Crippen LogP) is 4.68. The summed E-state index contributed by atoms with van der Waals surface area (Å²) in [6, 6.07) is 14.3. The van der Waals surface area contributed by atoms with Gasteiger partial charge in [0.2, 0.25) is 5.78 Å². The lowest BCUT2D eigenvalue weighted by Crippen LogP contribution is -2.23. The van der Waals surface area contributed by atoms with Crippen molar-refractivity contribution in [3.63, 3.8) is 0 Å². The highest BCUT2D eigenvalue weighted by atomic mass is 79.9. The molecule has 0 heterocycles. The van der Waals surface area contributed by atoms with E-state index in [1.165, 1.54) is 6.08 Å². The Morgan fingerprint density at radius 1 is 1.16 bits per heavy atom. The summed E-state index contributed by atoms with van der Waals surface area (Å²) in [5.41, 5.74) is 1.33. The summed E-state index contributed by atoms with van der Waals surface area (Å²) < 4.78 is 11.4. The Morgan fingerprint density at radius 3 is 2.52 bits per heavy atom. The zero-order valence-electron chi connectivity index (χ0n) is 14.1. The summed E-state index contributed by atoms with van der Waals surface area (Å²) in [6.45, 7) is 4.01. The molecule has 4 nitrogen and oxygen atoms in total. The van der Waals surface area contributed by atoms with Gasteiger partial charge in [-0.15, -0.1) is 0 Å². The number of ether oxygens (including phenoxy) is 2. The molecule has 0 amide bonds. The van der Waals surface area contributed by atoms with Crippen LogP contribution in [-0.4, -0.2) is 24.5 Å². The zero-order chi connectivity index (χ0) is 18.2. The van der Waals surface area contributed by atoms with Crippen LogP contribution in [0.2, 0.25) is 0 Å². The first-order chi connectivity index (χ1) is 12.0. The molecule has 0 aromatic heterocycles. The Hall–Kier alpha value is -2.40. The Labute approximate surface area is 155 Å². The van der Waals surface area contributed by atoms with E-state index >= 15 is 0 Å². The van der Waals surface area contributed by atoms with Gasteiger partial charge in [0.25, 0.3) is 0 Å². The maximum absolute atomic E-state index is 12.3. The Morgan fingerprint density at radius 2 is 1.88 bits per heavy atom. The smallest absolute Gasteiger partial charge is 0.331 e. The first-order valence-corrected chi connectivity index (χ1v) is 8.70. The van der Waals surface area contributed by atoms with E-state index in [0.29, 0.717) is 17.9 Å². The zero-order valence-corrected chi connectivity index (χ0v) is 15.7. The minimum atomic E-state index is -0.863. The molecular formula is C20H19BrO4. The quantitative estimate of drug-likeness (QED) is 0.383. The molecule has 0 radical (unpaired) electrons. The summed E-state index contributed by atoms with van der Waals surface area (Å²) in [6.07, 6.45) is 2.09. The van der Waals surface area contributed by atoms with Crippen LogP contribution < -0.4 is 4.74 Å². The normalized spacial score (nSPS) is 12.0. The molecule has 0 aliphatic rings. The number of Topliss-reactive ketones (excluding diaryl/α,β-unsaturated/α-hetero) is 1. The van der Waals surface area contributed by atoms with Gasteiger partial charge in [0, 0.05) is 16.1 Å². The summed E-state index contributed by atoms with van der Waals surface area (Å²) in [5.74, 6) is -0.125. The van der Waals surface area contributed by atoms with E-state index in [0.717, 1.165) is 10.0 Å². The SMILES string of the molecule is CCOc1ccc(C(=O)[C@H](C)OC(=O)/C=C/c2cccc(Br)c2)cc1. The van der Waals surface area contributed by atoms with E-state index < -0.39 is 12.1 Å². The minimum absolute atomic E-state index is 0.257. The first kappa shape index (κ1) is 18.9. The van der Waals surface area contributed by atoms with Crippen molar-refractivity contribution < 1.29 is 19.1 Å². The van der Waals surface area contributed by atoms with Gasteiger partial charge in [-0.1, -0.05) is 28.1 Å². The van der Waals surface area contributed by atoms with Crippen LogP contribution in [0.5, 0.6) is 5.75 Å². The average molecular weight is 403 g/mol. The van der Waals surface area contributed by atoms with Gasteiger partial charge in [0.15, 0.2) is 6.10 Å². The molecule has 0 aliphatic carbocycles. The van der Waals surface area contributed by atoms with Crippen molar-refractivity contribution in [2.45, 2.75) is 20.0 Å². The highest BCUT2D eigenvalue weighted by Crippen LogP contribution is 2.15. The van der Waals surface area contributed by atoms with Crippen LogP contribution in [0.3, 0.4) is 0 Å². The second kappa shape index (κ2) is 9.18. The van der Waals surface area contributed by atoms with Gasteiger partial charge in [0.1, 0.15) is 5.75 Å². The van der Waals surface area contributed by atoms with E-state index in [-0.39, 0.29) is 5.78 Å². The fourth-order valence-electron chi connectivity index (χ4n) is 2.16. The maximum Gasteiger partial charge on any atom is 0.331 e. The molecule has 2 aromatic carbocycles. The van der Waals surface area contributed by atoms with E-state index in [4.69, 9.17) is 9.47 Å². The molecule has 0 aliphatic heterocycles. The number of ketones is 1. The van der Waals surface area contributed by atoms with Crippen molar-refractivity contribution in [1.29, 1.82) is 0 Å². The van der Waals surface area contributed by atoms with Crippen LogP contribution in [0.1, 0.15) is 29.8 Å². The molecule has 130 valence electrons. The molecular weight excluding hydrogens is 384 g/mol. The van der Waals surface area contributed by atoms with Crippen molar-refractivity contribution in [2.24, 2.45) is 0 Å². The van der Waals surface area contributed by atoms with Gasteiger partial charge >= 0.3 is 5.97 Å². The lowest BCUT2D eigenvalue weighted by atomic mass is 10.1. The Bertz CT molecular complexity index is 766. The molecule has 2 aromatic rings. The van der Waals surface area contributed by atoms with Gasteiger partial charge in [-0.2, -0.15) is 0 Å². The number of benzene rings is 2. The van der Waals surface area contributed by atoms with Crippen molar-refractivity contribution >= 4 is 33.8 Å². The van der Waals surface area contributed by atoms with Gasteiger partial charge in [0.05, 0.1) is 6.61 Å². The topological polar surface area (TPSA) is 52.6 Å². The first-order valence-electron chi connectivity index (χ1n) is 7.91. The highest BCUT2D eigenvalue weighted by molar-refractivity contribution is 9.10. The molecule has 0 unspecified atom stereocenters. The van der Waals surface area contributed by atoms with Gasteiger partial charge in [-0.25, -0.2) is 4.79 Å². The third-order valence-electron chi connectivity index (χ3n) is 3.37. The van der Waals surface area contributed by atoms with E-state index in [2.05, 4.69) is 15.9 Å². The second-order valence-electron chi connectivity index (χ2n) is 5.29. The molecule has 0 saturated heterocycles. The largest absolute Gasteiger partial charge is 0.494 e. The monoisotopic (exact) mass is 402 g/mol. The van der Waals surface area contributed by atoms with Crippen molar-refractivity contribution in [3.05, 3.63) is 70.2 Å². The highest BCUT2D eigenvalue weighted by Gasteiger charge is 2.18. The lowest BCUT2D eigenvalue weighted by Gasteiger charge is -2.11. The molecule has 2 rings (SSSR count). The molecule has 0 spiro atoms. The summed E-state index contributed by atoms with van der Waals surface area (Å²) in [7, 11) is 0. The predicted molar refractivity (Wildman–Crippen MR) is 101 cm³/mol. The van der Waals surface area contributed by atoms with E-state index in [9.17, 15) is 9.59 Å². The summed E-state index contributed by atoms with van der Waals surface area (Å²) in [5, 5.41) is 0. The average Bonchev–Trinajstić information content (AvgIpc) is 2.60. The van der Waals surface area contributed by atoms with Crippen LogP contribution in [0.4, 0.5) is 0 Å². The number of carbonyl (C=O) groups excluding carboxylic acids is 2. The van der Waals surface area contributed by atoms with E-state index in [1.54, 1.807) is 37.3 Å². The summed E-state index contributed by atoms with van der Waals surface area (Å²) in [4.78, 5) is 24.2. The second-order valence-corrected chi connectivity index (χ2v) is 6.20. The fraction of sp³-hybridized carbons (Fsp3) is 0.200. The van der Waals surface area contributed by atoms with Crippen LogP contribution in [0, 0.1) is 0 Å². The molecule has 5 heteroatoms. The number of hydrogen-bond donors (Lipinski definition) is 0. The van der Waals surface area contributed by atoms with Crippen LogP contribution in [-0.2, 0) is 9.53 Å². The summed E-state index contributed by atoms with van der Waals surface area (Å²) >= 11 is 3.37. The fourth-order valence-corrected chi connectivity index (χ4v) is 2.58. The maximum atomic E-state index is 12.3.